The molecule has 2 fully saturated rings. The van der Waals surface area contributed by atoms with Crippen LogP contribution in [0.3, 0.4) is 0 Å². The summed E-state index contributed by atoms with van der Waals surface area (Å²) in [6, 6.07) is 8.90. The minimum Gasteiger partial charge on any atom is -0.379 e. The number of benzene rings is 1. The van der Waals surface area contributed by atoms with E-state index in [1.807, 2.05) is 4.90 Å². The molecular weight excluding hydrogens is 328 g/mol. The highest BCUT2D eigenvalue weighted by molar-refractivity contribution is 5.74. The molecule has 26 heavy (non-hydrogen) atoms. The summed E-state index contributed by atoms with van der Waals surface area (Å²) in [5.74, 6) is 0. The highest BCUT2D eigenvalue weighted by Crippen LogP contribution is 2.10. The van der Waals surface area contributed by atoms with Crippen molar-refractivity contribution in [2.75, 3.05) is 59.0 Å². The molecule has 3 rings (SSSR count). The van der Waals surface area contributed by atoms with Gasteiger partial charge in [-0.25, -0.2) is 4.79 Å². The first-order valence-electron chi connectivity index (χ1n) is 9.73. The summed E-state index contributed by atoms with van der Waals surface area (Å²) in [5.41, 5.74) is 2.65. The third-order valence-corrected chi connectivity index (χ3v) is 5.15. The normalized spacial score (nSPS) is 20.8. The number of aryl methyl sites for hydroxylation is 1. The number of piperazine rings is 1. The number of morpholine rings is 1. The predicted molar refractivity (Wildman–Crippen MR) is 103 cm³/mol. The Morgan fingerprint density at radius 2 is 1.85 bits per heavy atom. The number of nitrogens with zero attached hydrogens (tertiary/aromatic N) is 3. The molecule has 0 aliphatic carbocycles. The van der Waals surface area contributed by atoms with Gasteiger partial charge in [0.2, 0.25) is 0 Å². The van der Waals surface area contributed by atoms with Gasteiger partial charge in [0.15, 0.2) is 0 Å². The van der Waals surface area contributed by atoms with Crippen LogP contribution in [0.2, 0.25) is 0 Å². The second kappa shape index (κ2) is 9.35. The Balaban J connectivity index is 1.38. The van der Waals surface area contributed by atoms with Crippen LogP contribution < -0.4 is 5.32 Å². The molecule has 2 saturated heterocycles. The molecule has 6 nitrogen and oxygen atoms in total. The lowest BCUT2D eigenvalue weighted by Gasteiger charge is -2.36. The van der Waals surface area contributed by atoms with E-state index in [0.717, 1.165) is 65.6 Å². The van der Waals surface area contributed by atoms with Gasteiger partial charge in [-0.05, 0) is 19.4 Å². The molecule has 1 aromatic carbocycles. The Morgan fingerprint density at radius 3 is 2.54 bits per heavy atom. The number of nitrogens with one attached hydrogen (secondary N) is 1. The third-order valence-electron chi connectivity index (χ3n) is 5.15. The monoisotopic (exact) mass is 360 g/mol. The van der Waals surface area contributed by atoms with E-state index in [1.165, 1.54) is 11.1 Å². The predicted octanol–water partition coefficient (Wildman–Crippen LogP) is 1.54. The fraction of sp³-hybridized carbons (Fsp3) is 0.650. The standard InChI is InChI=1S/C20H32N4O2/c1-17-4-3-5-19(14-17)16-22-6-8-24(9-7-22)20(25)21-18(2)15-23-10-12-26-13-11-23/h3-5,14,18H,6-13,15-16H2,1-2H3,(H,21,25)/t18-/m0/s1. The average molecular weight is 361 g/mol. The Labute approximate surface area is 157 Å². The molecule has 1 N–H and O–H groups in total. The fourth-order valence-corrected chi connectivity index (χ4v) is 3.70. The van der Waals surface area contributed by atoms with Crippen molar-refractivity contribution in [2.24, 2.45) is 0 Å². The Bertz CT molecular complexity index is 581. The van der Waals surface area contributed by atoms with Crippen molar-refractivity contribution in [1.82, 2.24) is 20.0 Å². The lowest BCUT2D eigenvalue weighted by Crippen LogP contribution is -2.54. The van der Waals surface area contributed by atoms with Crippen LogP contribution >= 0.6 is 0 Å². The maximum Gasteiger partial charge on any atom is 0.317 e. The van der Waals surface area contributed by atoms with Crippen LogP contribution in [0.5, 0.6) is 0 Å². The fourth-order valence-electron chi connectivity index (χ4n) is 3.70. The number of urea groups is 1. The average Bonchev–Trinajstić information content (AvgIpc) is 2.63. The number of ether oxygens (including phenoxy) is 1. The van der Waals surface area contributed by atoms with E-state index in [0.29, 0.717) is 0 Å². The van der Waals surface area contributed by atoms with Gasteiger partial charge in [0.25, 0.3) is 0 Å². The van der Waals surface area contributed by atoms with Gasteiger partial charge in [-0.2, -0.15) is 0 Å². The zero-order valence-corrected chi connectivity index (χ0v) is 16.1. The lowest BCUT2D eigenvalue weighted by molar-refractivity contribution is 0.0345. The lowest BCUT2D eigenvalue weighted by atomic mass is 10.1. The molecule has 2 aliphatic rings. The molecule has 2 heterocycles. The largest absolute Gasteiger partial charge is 0.379 e. The van der Waals surface area contributed by atoms with E-state index >= 15 is 0 Å². The number of rotatable bonds is 5. The molecule has 0 unspecified atom stereocenters. The van der Waals surface area contributed by atoms with Gasteiger partial charge in [-0.3, -0.25) is 9.80 Å². The van der Waals surface area contributed by atoms with Crippen LogP contribution in [0.15, 0.2) is 24.3 Å². The van der Waals surface area contributed by atoms with E-state index in [9.17, 15) is 4.79 Å². The molecule has 0 spiro atoms. The van der Waals surface area contributed by atoms with Crippen LogP contribution in [0.1, 0.15) is 18.1 Å². The highest BCUT2D eigenvalue weighted by Gasteiger charge is 2.23. The summed E-state index contributed by atoms with van der Waals surface area (Å²) in [6.07, 6.45) is 0. The van der Waals surface area contributed by atoms with E-state index in [-0.39, 0.29) is 12.1 Å². The topological polar surface area (TPSA) is 48.0 Å². The molecular formula is C20H32N4O2. The summed E-state index contributed by atoms with van der Waals surface area (Å²) >= 11 is 0. The summed E-state index contributed by atoms with van der Waals surface area (Å²) in [4.78, 5) is 19.2. The van der Waals surface area contributed by atoms with Crippen molar-refractivity contribution in [1.29, 1.82) is 0 Å². The first-order chi connectivity index (χ1) is 12.6. The van der Waals surface area contributed by atoms with E-state index < -0.39 is 0 Å². The maximum atomic E-state index is 12.5. The number of carbonyl (C=O) groups is 1. The van der Waals surface area contributed by atoms with Crippen LogP contribution in [0, 0.1) is 6.92 Å². The summed E-state index contributed by atoms with van der Waals surface area (Å²) < 4.78 is 5.37. The minimum atomic E-state index is 0.0703. The van der Waals surface area contributed by atoms with Gasteiger partial charge >= 0.3 is 6.03 Å². The Hall–Kier alpha value is -1.63. The molecule has 0 saturated carbocycles. The van der Waals surface area contributed by atoms with Gasteiger partial charge in [0.05, 0.1) is 13.2 Å². The number of amides is 2. The van der Waals surface area contributed by atoms with E-state index in [1.54, 1.807) is 0 Å². The van der Waals surface area contributed by atoms with Crippen LogP contribution in [0.4, 0.5) is 4.79 Å². The highest BCUT2D eigenvalue weighted by atomic mass is 16.5. The van der Waals surface area contributed by atoms with Gasteiger partial charge in [0, 0.05) is 58.4 Å². The number of carbonyl (C=O) groups excluding carboxylic acids is 1. The molecule has 6 heteroatoms. The molecule has 2 aliphatic heterocycles. The second-order valence-electron chi connectivity index (χ2n) is 7.52. The van der Waals surface area contributed by atoms with Crippen molar-refractivity contribution < 1.29 is 9.53 Å². The zero-order chi connectivity index (χ0) is 18.4. The van der Waals surface area contributed by atoms with E-state index in [2.05, 4.69) is 53.2 Å². The first-order valence-corrected chi connectivity index (χ1v) is 9.73. The van der Waals surface area contributed by atoms with Crippen LogP contribution in [-0.4, -0.2) is 85.8 Å². The molecule has 0 radical (unpaired) electrons. The first kappa shape index (κ1) is 19.1. The SMILES string of the molecule is Cc1cccc(CN2CCN(C(=O)N[C@@H](C)CN3CCOCC3)CC2)c1. The Morgan fingerprint density at radius 1 is 1.12 bits per heavy atom. The number of hydrogen-bond donors (Lipinski definition) is 1. The summed E-state index contributed by atoms with van der Waals surface area (Å²) in [6.45, 7) is 13.0. The van der Waals surface area contributed by atoms with Crippen molar-refractivity contribution in [2.45, 2.75) is 26.4 Å². The van der Waals surface area contributed by atoms with Crippen LogP contribution in [0.25, 0.3) is 0 Å². The quantitative estimate of drug-likeness (QED) is 0.865. The van der Waals surface area contributed by atoms with Gasteiger partial charge < -0.3 is 15.0 Å². The van der Waals surface area contributed by atoms with Crippen molar-refractivity contribution in [3.8, 4) is 0 Å². The van der Waals surface area contributed by atoms with E-state index in [4.69, 9.17) is 4.74 Å². The minimum absolute atomic E-state index is 0.0703. The second-order valence-corrected chi connectivity index (χ2v) is 7.52. The molecule has 1 atom stereocenters. The molecule has 0 aromatic heterocycles. The smallest absolute Gasteiger partial charge is 0.317 e. The van der Waals surface area contributed by atoms with Gasteiger partial charge in [0.1, 0.15) is 0 Å². The molecule has 1 aromatic rings. The van der Waals surface area contributed by atoms with Crippen molar-refractivity contribution >= 4 is 6.03 Å². The summed E-state index contributed by atoms with van der Waals surface area (Å²) in [7, 11) is 0. The van der Waals surface area contributed by atoms with Crippen LogP contribution in [-0.2, 0) is 11.3 Å². The van der Waals surface area contributed by atoms with Crippen molar-refractivity contribution in [3.63, 3.8) is 0 Å². The molecule has 0 bridgehead atoms. The van der Waals surface area contributed by atoms with Gasteiger partial charge in [-0.15, -0.1) is 0 Å². The molecule has 144 valence electrons. The van der Waals surface area contributed by atoms with Gasteiger partial charge in [-0.1, -0.05) is 29.8 Å². The summed E-state index contributed by atoms with van der Waals surface area (Å²) in [5, 5.41) is 3.15. The maximum absolute atomic E-state index is 12.5. The van der Waals surface area contributed by atoms with Crippen molar-refractivity contribution in [3.05, 3.63) is 35.4 Å². The Kier molecular flexibility index (Phi) is 6.88. The third kappa shape index (κ3) is 5.69. The molecule has 2 amide bonds. The zero-order valence-electron chi connectivity index (χ0n) is 16.1. The number of hydrogen-bond acceptors (Lipinski definition) is 4.